The van der Waals surface area contributed by atoms with Gasteiger partial charge in [0.1, 0.15) is 0 Å². The fourth-order valence-corrected chi connectivity index (χ4v) is 5.26. The van der Waals surface area contributed by atoms with Crippen LogP contribution in [0.1, 0.15) is 37.4 Å². The summed E-state index contributed by atoms with van der Waals surface area (Å²) < 4.78 is 1.85. The zero-order valence-corrected chi connectivity index (χ0v) is 17.0. The molecule has 2 fully saturated rings. The Morgan fingerprint density at radius 2 is 1.82 bits per heavy atom. The van der Waals surface area contributed by atoms with Crippen LogP contribution in [-0.2, 0) is 0 Å². The van der Waals surface area contributed by atoms with Gasteiger partial charge in [-0.05, 0) is 38.0 Å². The average Bonchev–Trinajstić information content (AvgIpc) is 3.40. The number of thiazole rings is 1. The van der Waals surface area contributed by atoms with Gasteiger partial charge in [0.25, 0.3) is 5.56 Å². The molecule has 1 saturated heterocycles. The minimum atomic E-state index is 0.104. The van der Waals surface area contributed by atoms with E-state index >= 15 is 0 Å². The zero-order chi connectivity index (χ0) is 19.1. The number of anilines is 2. The van der Waals surface area contributed by atoms with Crippen LogP contribution in [0, 0.1) is 6.92 Å². The van der Waals surface area contributed by atoms with Crippen molar-refractivity contribution < 1.29 is 0 Å². The smallest absolute Gasteiger partial charge is 0.261 e. The van der Waals surface area contributed by atoms with Gasteiger partial charge in [-0.1, -0.05) is 12.8 Å². The van der Waals surface area contributed by atoms with Crippen molar-refractivity contribution in [2.24, 2.45) is 0 Å². The monoisotopic (exact) mass is 395 g/mol. The zero-order valence-electron chi connectivity index (χ0n) is 16.2. The Balaban J connectivity index is 1.35. The first-order chi connectivity index (χ1) is 13.7. The number of fused-ring (bicyclic) bond motifs is 1. The highest BCUT2D eigenvalue weighted by molar-refractivity contribution is 7.13. The second-order valence-corrected chi connectivity index (χ2v) is 8.68. The summed E-state index contributed by atoms with van der Waals surface area (Å²) in [5, 5.41) is 3.95. The molecule has 0 atom stereocenters. The largest absolute Gasteiger partial charge is 0.368 e. The number of aromatic nitrogens is 3. The summed E-state index contributed by atoms with van der Waals surface area (Å²) in [5.41, 5.74) is 3.14. The molecule has 2 aromatic heterocycles. The molecule has 0 unspecified atom stereocenters. The van der Waals surface area contributed by atoms with Gasteiger partial charge in [0.2, 0.25) is 0 Å². The molecule has 5 rings (SSSR count). The molecule has 2 aliphatic rings. The normalized spacial score (nSPS) is 18.3. The van der Waals surface area contributed by atoms with E-state index in [1.165, 1.54) is 12.8 Å². The predicted octanol–water partition coefficient (Wildman–Crippen LogP) is 3.60. The molecule has 28 heavy (non-hydrogen) atoms. The molecule has 0 bridgehead atoms. The van der Waals surface area contributed by atoms with Crippen LogP contribution in [-0.4, -0.2) is 40.7 Å². The molecule has 1 aliphatic carbocycles. The second-order valence-electron chi connectivity index (χ2n) is 7.84. The van der Waals surface area contributed by atoms with Crippen LogP contribution in [0.25, 0.3) is 10.9 Å². The molecule has 1 aliphatic heterocycles. The Bertz CT molecular complexity index is 1040. The summed E-state index contributed by atoms with van der Waals surface area (Å²) in [4.78, 5) is 26.9. The minimum absolute atomic E-state index is 0.104. The summed E-state index contributed by atoms with van der Waals surface area (Å²) in [5.74, 6) is 0. The molecule has 7 heteroatoms. The first kappa shape index (κ1) is 17.7. The fraction of sp³-hybridized carbons (Fsp3) is 0.476. The van der Waals surface area contributed by atoms with Crippen molar-refractivity contribution in [1.29, 1.82) is 0 Å². The Labute approximate surface area is 168 Å². The Morgan fingerprint density at radius 3 is 2.54 bits per heavy atom. The van der Waals surface area contributed by atoms with Crippen LogP contribution in [0.4, 0.5) is 10.8 Å². The van der Waals surface area contributed by atoms with Gasteiger partial charge >= 0.3 is 0 Å². The van der Waals surface area contributed by atoms with E-state index in [9.17, 15) is 4.79 Å². The average molecular weight is 396 g/mol. The third kappa shape index (κ3) is 3.17. The van der Waals surface area contributed by atoms with Gasteiger partial charge in [0, 0.05) is 43.3 Å². The highest BCUT2D eigenvalue weighted by Crippen LogP contribution is 2.29. The van der Waals surface area contributed by atoms with Gasteiger partial charge in [-0.25, -0.2) is 9.97 Å². The third-order valence-electron chi connectivity index (χ3n) is 6.01. The predicted molar refractivity (Wildman–Crippen MR) is 115 cm³/mol. The van der Waals surface area contributed by atoms with Crippen molar-refractivity contribution in [3.8, 4) is 0 Å². The molecular formula is C21H25N5OS. The van der Waals surface area contributed by atoms with Crippen molar-refractivity contribution in [2.75, 3.05) is 36.0 Å². The second kappa shape index (κ2) is 7.20. The first-order valence-electron chi connectivity index (χ1n) is 10.1. The molecule has 0 radical (unpaired) electrons. The molecular weight excluding hydrogens is 370 g/mol. The third-order valence-corrected chi connectivity index (χ3v) is 7.03. The summed E-state index contributed by atoms with van der Waals surface area (Å²) in [6, 6.07) is 6.43. The van der Waals surface area contributed by atoms with Crippen LogP contribution < -0.4 is 15.4 Å². The number of hydrogen-bond acceptors (Lipinski definition) is 6. The van der Waals surface area contributed by atoms with E-state index in [4.69, 9.17) is 0 Å². The van der Waals surface area contributed by atoms with Crippen molar-refractivity contribution in [3.63, 3.8) is 0 Å². The number of piperazine rings is 1. The lowest BCUT2D eigenvalue weighted by atomic mass is 10.1. The maximum absolute atomic E-state index is 12.9. The summed E-state index contributed by atoms with van der Waals surface area (Å²) in [7, 11) is 0. The van der Waals surface area contributed by atoms with Crippen LogP contribution in [0.5, 0.6) is 0 Å². The number of nitrogens with zero attached hydrogens (tertiary/aromatic N) is 5. The quantitative estimate of drug-likeness (QED) is 0.678. The minimum Gasteiger partial charge on any atom is -0.368 e. The standard InChI is InChI=1S/C21H25N5OS/c1-15-13-28-21(23-15)25-10-8-24(9-11-25)17-6-7-18-19(12-17)22-14-26(20(18)27)16-4-2-3-5-16/h6-7,12-14,16H,2-5,8-11H2,1H3. The molecule has 0 spiro atoms. The molecule has 1 saturated carbocycles. The Morgan fingerprint density at radius 1 is 1.07 bits per heavy atom. The van der Waals surface area contributed by atoms with Crippen LogP contribution >= 0.6 is 11.3 Å². The lowest BCUT2D eigenvalue weighted by Gasteiger charge is -2.36. The molecule has 0 N–H and O–H groups in total. The van der Waals surface area contributed by atoms with Crippen molar-refractivity contribution >= 4 is 33.1 Å². The lowest BCUT2D eigenvalue weighted by molar-refractivity contribution is 0.499. The van der Waals surface area contributed by atoms with Gasteiger partial charge < -0.3 is 9.80 Å². The fourth-order valence-electron chi connectivity index (χ4n) is 4.41. The molecule has 0 amide bonds. The van der Waals surface area contributed by atoms with E-state index in [0.29, 0.717) is 6.04 Å². The van der Waals surface area contributed by atoms with E-state index in [1.54, 1.807) is 17.7 Å². The SMILES string of the molecule is Cc1csc(N2CCN(c3ccc4c(=O)n(C5CCCC5)cnc4c3)CC2)n1. The number of hydrogen-bond donors (Lipinski definition) is 0. The molecule has 6 nitrogen and oxygen atoms in total. The Hall–Kier alpha value is -2.41. The van der Waals surface area contributed by atoms with Gasteiger partial charge in [0.05, 0.1) is 22.9 Å². The highest BCUT2D eigenvalue weighted by atomic mass is 32.1. The van der Waals surface area contributed by atoms with Gasteiger partial charge in [-0.15, -0.1) is 11.3 Å². The highest BCUT2D eigenvalue weighted by Gasteiger charge is 2.21. The molecule has 1 aromatic carbocycles. The first-order valence-corrected chi connectivity index (χ1v) is 11.0. The van der Waals surface area contributed by atoms with E-state index in [2.05, 4.69) is 37.3 Å². The molecule has 146 valence electrons. The van der Waals surface area contributed by atoms with Gasteiger partial charge in [0.15, 0.2) is 5.13 Å². The maximum atomic E-state index is 12.9. The summed E-state index contributed by atoms with van der Waals surface area (Å²) >= 11 is 1.72. The maximum Gasteiger partial charge on any atom is 0.261 e. The van der Waals surface area contributed by atoms with Crippen LogP contribution in [0.3, 0.4) is 0 Å². The van der Waals surface area contributed by atoms with E-state index in [1.807, 2.05) is 17.6 Å². The van der Waals surface area contributed by atoms with Gasteiger partial charge in [-0.2, -0.15) is 0 Å². The Kier molecular flexibility index (Phi) is 4.55. The van der Waals surface area contributed by atoms with Gasteiger partial charge in [-0.3, -0.25) is 9.36 Å². The van der Waals surface area contributed by atoms with E-state index in [0.717, 1.165) is 66.4 Å². The molecule has 3 heterocycles. The topological polar surface area (TPSA) is 54.3 Å². The van der Waals surface area contributed by atoms with Crippen LogP contribution in [0.15, 0.2) is 34.7 Å². The van der Waals surface area contributed by atoms with Crippen molar-refractivity contribution in [1.82, 2.24) is 14.5 Å². The van der Waals surface area contributed by atoms with Crippen molar-refractivity contribution in [3.05, 3.63) is 46.0 Å². The number of benzene rings is 1. The summed E-state index contributed by atoms with van der Waals surface area (Å²) in [6.07, 6.45) is 6.36. The van der Waals surface area contributed by atoms with E-state index < -0.39 is 0 Å². The molecule has 3 aromatic rings. The number of aryl methyl sites for hydroxylation is 1. The number of rotatable bonds is 3. The van der Waals surface area contributed by atoms with Crippen LogP contribution in [0.2, 0.25) is 0 Å². The van der Waals surface area contributed by atoms with Crippen molar-refractivity contribution in [2.45, 2.75) is 38.6 Å². The lowest BCUT2D eigenvalue weighted by Crippen LogP contribution is -2.46. The summed E-state index contributed by atoms with van der Waals surface area (Å²) in [6.45, 7) is 5.86. The van der Waals surface area contributed by atoms with E-state index in [-0.39, 0.29) is 5.56 Å².